The lowest BCUT2D eigenvalue weighted by Crippen LogP contribution is -1.98. The highest BCUT2D eigenvalue weighted by Crippen LogP contribution is 2.27. The van der Waals surface area contributed by atoms with E-state index in [0.717, 1.165) is 4.47 Å². The maximum Gasteiger partial charge on any atom is 0.122 e. The first-order valence-corrected chi connectivity index (χ1v) is 4.89. The van der Waals surface area contributed by atoms with Crippen LogP contribution in [0.15, 0.2) is 22.7 Å². The molecule has 0 saturated heterocycles. The molecule has 2 nitrogen and oxygen atoms in total. The van der Waals surface area contributed by atoms with Gasteiger partial charge in [0.15, 0.2) is 0 Å². The summed E-state index contributed by atoms with van der Waals surface area (Å²) in [5, 5.41) is 9.92. The number of rotatable bonds is 3. The first-order chi connectivity index (χ1) is 6.15. The van der Waals surface area contributed by atoms with Crippen LogP contribution in [0.5, 0.6) is 0 Å². The summed E-state index contributed by atoms with van der Waals surface area (Å²) in [5.74, 6) is 0. The van der Waals surface area contributed by atoms with Gasteiger partial charge < -0.3 is 9.90 Å². The van der Waals surface area contributed by atoms with Crippen LogP contribution in [-0.4, -0.2) is 11.4 Å². The summed E-state index contributed by atoms with van der Waals surface area (Å²) in [6, 6.07) is 5.15. The normalized spacial score (nSPS) is 12.5. The second-order valence-electron chi connectivity index (χ2n) is 2.58. The Morgan fingerprint density at radius 2 is 2.31 bits per heavy atom. The molecule has 13 heavy (non-hydrogen) atoms. The highest BCUT2D eigenvalue weighted by atomic mass is 79.9. The lowest BCUT2D eigenvalue weighted by molar-refractivity contribution is -0.109. The van der Waals surface area contributed by atoms with Crippen LogP contribution in [0.3, 0.4) is 0 Å². The van der Waals surface area contributed by atoms with Crippen LogP contribution in [0.1, 0.15) is 18.1 Å². The van der Waals surface area contributed by atoms with Crippen LogP contribution in [0.4, 0.5) is 0 Å². The molecule has 0 amide bonds. The molecule has 1 unspecified atom stereocenters. The molecule has 4 heteroatoms. The van der Waals surface area contributed by atoms with Crippen molar-refractivity contribution in [3.63, 3.8) is 0 Å². The quantitative estimate of drug-likeness (QED) is 0.852. The second kappa shape index (κ2) is 4.74. The minimum atomic E-state index is -0.807. The van der Waals surface area contributed by atoms with E-state index in [0.29, 0.717) is 16.9 Å². The number of aliphatic hydroxyl groups excluding tert-OH is 1. The fourth-order valence-electron chi connectivity index (χ4n) is 0.990. The molecule has 0 aliphatic rings. The summed E-state index contributed by atoms with van der Waals surface area (Å²) in [5.41, 5.74) is 0.581. The minimum Gasteiger partial charge on any atom is -0.388 e. The molecule has 0 aliphatic carbocycles. The average molecular weight is 264 g/mol. The zero-order valence-electron chi connectivity index (χ0n) is 6.71. The van der Waals surface area contributed by atoms with E-state index < -0.39 is 6.10 Å². The molecule has 0 bridgehead atoms. The van der Waals surface area contributed by atoms with Gasteiger partial charge in [0.1, 0.15) is 6.29 Å². The molecule has 0 saturated carbocycles. The summed E-state index contributed by atoms with van der Waals surface area (Å²) in [4.78, 5) is 10.2. The van der Waals surface area contributed by atoms with Crippen LogP contribution in [0.2, 0.25) is 5.02 Å². The summed E-state index contributed by atoms with van der Waals surface area (Å²) in [7, 11) is 0. The van der Waals surface area contributed by atoms with Gasteiger partial charge in [0.25, 0.3) is 0 Å². The first-order valence-electron chi connectivity index (χ1n) is 3.72. The summed E-state index contributed by atoms with van der Waals surface area (Å²) in [6.45, 7) is 0. The Balaban J connectivity index is 2.94. The maximum atomic E-state index is 10.2. The van der Waals surface area contributed by atoms with Crippen LogP contribution in [0, 0.1) is 0 Å². The Bertz CT molecular complexity index is 314. The Kier molecular flexibility index (Phi) is 3.90. The van der Waals surface area contributed by atoms with Crippen LogP contribution < -0.4 is 0 Å². The van der Waals surface area contributed by atoms with Gasteiger partial charge in [-0.2, -0.15) is 0 Å². The summed E-state index contributed by atoms with van der Waals surface area (Å²) < 4.78 is 0.847. The van der Waals surface area contributed by atoms with Gasteiger partial charge in [-0.3, -0.25) is 0 Å². The number of hydrogen-bond donors (Lipinski definition) is 1. The Morgan fingerprint density at radius 3 is 2.85 bits per heavy atom. The van der Waals surface area contributed by atoms with Gasteiger partial charge in [-0.15, -0.1) is 0 Å². The fraction of sp³-hybridized carbons (Fsp3) is 0.222. The lowest BCUT2D eigenvalue weighted by Gasteiger charge is -2.09. The van der Waals surface area contributed by atoms with Gasteiger partial charge in [0.2, 0.25) is 0 Å². The fourth-order valence-corrected chi connectivity index (χ4v) is 1.79. The standard InChI is InChI=1S/C9H8BrClO2/c10-6-1-2-7(8(11)5-6)9(13)3-4-12/h1-2,4-5,9,13H,3H2. The third kappa shape index (κ3) is 2.79. The van der Waals surface area contributed by atoms with Crippen molar-refractivity contribution < 1.29 is 9.90 Å². The molecule has 1 rings (SSSR count). The number of aldehydes is 1. The van der Waals surface area contributed by atoms with Crippen molar-refractivity contribution in [2.75, 3.05) is 0 Å². The van der Waals surface area contributed by atoms with Gasteiger partial charge in [0, 0.05) is 15.9 Å². The molecule has 0 spiro atoms. The number of benzene rings is 1. The van der Waals surface area contributed by atoms with Gasteiger partial charge in [0.05, 0.1) is 6.10 Å². The maximum absolute atomic E-state index is 10.2. The van der Waals surface area contributed by atoms with Crippen molar-refractivity contribution in [2.45, 2.75) is 12.5 Å². The molecular weight excluding hydrogens is 255 g/mol. The molecule has 1 aromatic rings. The molecule has 0 radical (unpaired) electrons. The van der Waals surface area contributed by atoms with Crippen molar-refractivity contribution in [2.24, 2.45) is 0 Å². The number of carbonyl (C=O) groups excluding carboxylic acids is 1. The van der Waals surface area contributed by atoms with Gasteiger partial charge in [-0.05, 0) is 17.7 Å². The molecule has 1 N–H and O–H groups in total. The molecular formula is C9H8BrClO2. The van der Waals surface area contributed by atoms with E-state index in [2.05, 4.69) is 15.9 Å². The topological polar surface area (TPSA) is 37.3 Å². The van der Waals surface area contributed by atoms with Crippen molar-refractivity contribution in [3.8, 4) is 0 Å². The van der Waals surface area contributed by atoms with E-state index in [1.807, 2.05) is 0 Å². The molecule has 1 aromatic carbocycles. The van der Waals surface area contributed by atoms with Crippen LogP contribution >= 0.6 is 27.5 Å². The number of aliphatic hydroxyl groups is 1. The van der Waals surface area contributed by atoms with E-state index in [1.54, 1.807) is 18.2 Å². The highest BCUT2D eigenvalue weighted by Gasteiger charge is 2.10. The van der Waals surface area contributed by atoms with Crippen molar-refractivity contribution in [3.05, 3.63) is 33.3 Å². The van der Waals surface area contributed by atoms with E-state index in [1.165, 1.54) is 0 Å². The van der Waals surface area contributed by atoms with Crippen molar-refractivity contribution in [1.82, 2.24) is 0 Å². The largest absolute Gasteiger partial charge is 0.388 e. The van der Waals surface area contributed by atoms with E-state index >= 15 is 0 Å². The molecule has 0 fully saturated rings. The smallest absolute Gasteiger partial charge is 0.122 e. The average Bonchev–Trinajstić information content (AvgIpc) is 2.04. The Labute approximate surface area is 89.7 Å². The summed E-state index contributed by atoms with van der Waals surface area (Å²) in [6.07, 6.45) is -0.0668. The highest BCUT2D eigenvalue weighted by molar-refractivity contribution is 9.10. The molecule has 0 aliphatic heterocycles. The predicted octanol–water partition coefficient (Wildman–Crippen LogP) is 2.72. The molecule has 0 heterocycles. The zero-order valence-corrected chi connectivity index (χ0v) is 9.05. The Hall–Kier alpha value is -0.380. The lowest BCUT2D eigenvalue weighted by atomic mass is 10.1. The third-order valence-corrected chi connectivity index (χ3v) is 2.46. The van der Waals surface area contributed by atoms with Gasteiger partial charge >= 0.3 is 0 Å². The molecule has 1 atom stereocenters. The third-order valence-electron chi connectivity index (χ3n) is 1.64. The number of hydrogen-bond acceptors (Lipinski definition) is 2. The monoisotopic (exact) mass is 262 g/mol. The van der Waals surface area contributed by atoms with Crippen molar-refractivity contribution in [1.29, 1.82) is 0 Å². The van der Waals surface area contributed by atoms with Crippen molar-refractivity contribution >= 4 is 33.8 Å². The number of carbonyl (C=O) groups is 1. The molecule has 0 aromatic heterocycles. The minimum absolute atomic E-state index is 0.0708. The van der Waals surface area contributed by atoms with E-state index in [4.69, 9.17) is 11.6 Å². The second-order valence-corrected chi connectivity index (χ2v) is 3.91. The Morgan fingerprint density at radius 1 is 1.62 bits per heavy atom. The summed E-state index contributed by atoms with van der Waals surface area (Å²) >= 11 is 9.10. The van der Waals surface area contributed by atoms with Crippen LogP contribution in [0.25, 0.3) is 0 Å². The van der Waals surface area contributed by atoms with E-state index in [9.17, 15) is 9.90 Å². The zero-order chi connectivity index (χ0) is 9.84. The molecule has 70 valence electrons. The predicted molar refractivity (Wildman–Crippen MR) is 54.8 cm³/mol. The van der Waals surface area contributed by atoms with Gasteiger partial charge in [-0.1, -0.05) is 33.6 Å². The number of halogens is 2. The first kappa shape index (κ1) is 10.7. The van der Waals surface area contributed by atoms with Gasteiger partial charge in [-0.25, -0.2) is 0 Å². The SMILES string of the molecule is O=CCC(O)c1ccc(Br)cc1Cl. The van der Waals surface area contributed by atoms with Crippen LogP contribution in [-0.2, 0) is 4.79 Å². The van der Waals surface area contributed by atoms with E-state index in [-0.39, 0.29) is 6.42 Å².